The molecule has 0 aliphatic heterocycles. The summed E-state index contributed by atoms with van der Waals surface area (Å²) in [4.78, 5) is 1.13. The minimum Gasteiger partial charge on any atom is -0.311 e. The molecule has 9 heteroatoms. The molecule has 1 atom stereocenters. The number of sulfonamides is 1. The molecule has 2 heterocycles. The molecule has 0 aliphatic rings. The quantitative estimate of drug-likeness (QED) is 0.771. The van der Waals surface area contributed by atoms with Crippen molar-refractivity contribution in [3.8, 4) is 0 Å². The molecular weight excluding hydrogens is 324 g/mol. The van der Waals surface area contributed by atoms with Crippen molar-refractivity contribution in [3.05, 3.63) is 17.0 Å². The summed E-state index contributed by atoms with van der Waals surface area (Å²) in [6.45, 7) is 1.41. The third-order valence-corrected chi connectivity index (χ3v) is 6.98. The predicted octanol–water partition coefficient (Wildman–Crippen LogP) is 1.08. The molecule has 0 fully saturated rings. The van der Waals surface area contributed by atoms with Crippen molar-refractivity contribution in [1.29, 1.82) is 0 Å². The van der Waals surface area contributed by atoms with Gasteiger partial charge in [-0.15, -0.1) is 22.7 Å². The monoisotopic (exact) mass is 338 g/mol. The maximum Gasteiger partial charge on any atom is 0.247 e. The topological polar surface area (TPSA) is 89.3 Å². The van der Waals surface area contributed by atoms with Gasteiger partial charge in [0.15, 0.2) is 0 Å². The molecule has 0 aliphatic carbocycles. The number of fused-ring (bicyclic) bond motifs is 1. The van der Waals surface area contributed by atoms with E-state index < -0.39 is 20.8 Å². The largest absolute Gasteiger partial charge is 0.311 e. The Kier molecular flexibility index (Phi) is 4.75. The Balaban J connectivity index is 2.03. The average molecular weight is 339 g/mol. The van der Waals surface area contributed by atoms with Crippen molar-refractivity contribution in [2.24, 2.45) is 5.14 Å². The minimum atomic E-state index is -3.60. The highest BCUT2D eigenvalue weighted by Crippen LogP contribution is 2.35. The van der Waals surface area contributed by atoms with Gasteiger partial charge < -0.3 is 5.32 Å². The van der Waals surface area contributed by atoms with Gasteiger partial charge in [-0.25, -0.2) is 13.6 Å². The molecule has 106 valence electrons. The van der Waals surface area contributed by atoms with E-state index in [1.165, 1.54) is 11.3 Å². The van der Waals surface area contributed by atoms with Gasteiger partial charge in [0.1, 0.15) is 4.21 Å². The highest BCUT2D eigenvalue weighted by Gasteiger charge is 2.14. The fourth-order valence-corrected chi connectivity index (χ4v) is 5.31. The second-order valence-electron chi connectivity index (χ2n) is 4.02. The van der Waals surface area contributed by atoms with Crippen LogP contribution in [0.3, 0.4) is 0 Å². The Morgan fingerprint density at radius 3 is 2.68 bits per heavy atom. The molecule has 0 radical (unpaired) electrons. The fraction of sp³-hybridized carbons (Fsp3) is 0.400. The van der Waals surface area contributed by atoms with Gasteiger partial charge >= 0.3 is 0 Å². The molecule has 19 heavy (non-hydrogen) atoms. The first-order valence-corrected chi connectivity index (χ1v) is 10.3. The Morgan fingerprint density at radius 1 is 1.37 bits per heavy atom. The van der Waals surface area contributed by atoms with E-state index in [2.05, 4.69) is 5.32 Å². The zero-order chi connectivity index (χ0) is 14.0. The molecule has 2 rings (SSSR count). The molecular formula is C10H14N2O3S4. The van der Waals surface area contributed by atoms with Crippen LogP contribution in [0.25, 0.3) is 9.40 Å². The second kappa shape index (κ2) is 5.98. The maximum absolute atomic E-state index is 11.2. The smallest absolute Gasteiger partial charge is 0.247 e. The highest BCUT2D eigenvalue weighted by molar-refractivity contribution is 7.91. The van der Waals surface area contributed by atoms with Crippen LogP contribution in [0.4, 0.5) is 0 Å². The Hall–Kier alpha value is -0.320. The van der Waals surface area contributed by atoms with Crippen LogP contribution >= 0.6 is 22.7 Å². The summed E-state index contributed by atoms with van der Waals surface area (Å²) >= 11 is 2.75. The zero-order valence-corrected chi connectivity index (χ0v) is 13.5. The van der Waals surface area contributed by atoms with Crippen molar-refractivity contribution < 1.29 is 12.6 Å². The normalized spacial score (nSPS) is 14.0. The zero-order valence-electron chi connectivity index (χ0n) is 10.2. The van der Waals surface area contributed by atoms with E-state index in [0.29, 0.717) is 18.8 Å². The fourth-order valence-electron chi connectivity index (χ4n) is 1.52. The first-order valence-electron chi connectivity index (χ1n) is 5.42. The molecule has 2 aromatic rings. The number of hydrogen-bond acceptors (Lipinski definition) is 6. The van der Waals surface area contributed by atoms with E-state index in [-0.39, 0.29) is 4.21 Å². The van der Waals surface area contributed by atoms with Crippen LogP contribution < -0.4 is 10.5 Å². The van der Waals surface area contributed by atoms with E-state index in [4.69, 9.17) is 5.14 Å². The van der Waals surface area contributed by atoms with Crippen molar-refractivity contribution in [1.82, 2.24) is 5.32 Å². The van der Waals surface area contributed by atoms with Crippen molar-refractivity contribution >= 4 is 52.9 Å². The Labute approximate surface area is 122 Å². The van der Waals surface area contributed by atoms with Gasteiger partial charge in [-0.1, -0.05) is 0 Å². The van der Waals surface area contributed by atoms with Gasteiger partial charge in [0.25, 0.3) is 0 Å². The molecule has 5 nitrogen and oxygen atoms in total. The van der Waals surface area contributed by atoms with E-state index in [9.17, 15) is 12.6 Å². The summed E-state index contributed by atoms with van der Waals surface area (Å²) in [5.41, 5.74) is 0. The molecule has 0 spiro atoms. The van der Waals surface area contributed by atoms with Gasteiger partial charge in [-0.05, 0) is 12.1 Å². The molecule has 0 saturated carbocycles. The average Bonchev–Trinajstić information content (AvgIpc) is 2.80. The van der Waals surface area contributed by atoms with Gasteiger partial charge in [-0.2, -0.15) is 0 Å². The van der Waals surface area contributed by atoms with Gasteiger partial charge in [0, 0.05) is 46.2 Å². The lowest BCUT2D eigenvalue weighted by atomic mass is 10.3. The van der Waals surface area contributed by atoms with Crippen LogP contribution in [0.1, 0.15) is 4.88 Å². The van der Waals surface area contributed by atoms with Crippen molar-refractivity contribution in [3.63, 3.8) is 0 Å². The maximum atomic E-state index is 11.2. The summed E-state index contributed by atoms with van der Waals surface area (Å²) in [6.07, 6.45) is 1.68. The van der Waals surface area contributed by atoms with E-state index >= 15 is 0 Å². The molecule has 2 aromatic heterocycles. The Morgan fingerprint density at radius 2 is 2.11 bits per heavy atom. The summed E-state index contributed by atoms with van der Waals surface area (Å²) in [5.74, 6) is 0.634. The van der Waals surface area contributed by atoms with Crippen LogP contribution in [0.5, 0.6) is 0 Å². The molecule has 0 bridgehead atoms. The van der Waals surface area contributed by atoms with Crippen LogP contribution in [0.2, 0.25) is 0 Å². The summed E-state index contributed by atoms with van der Waals surface area (Å²) in [7, 11) is -4.38. The van der Waals surface area contributed by atoms with Crippen LogP contribution in [-0.4, -0.2) is 31.2 Å². The standard InChI is InChI=1S/C10H14N2O3S4/c1-18(13)3-2-12-6-8-4-7-5-9(19(11,14)15)17-10(7)16-8/h4-5,12H,2-3,6H2,1H3,(H2,11,14,15). The minimum absolute atomic E-state index is 0.203. The number of thiophene rings is 2. The lowest BCUT2D eigenvalue weighted by Gasteiger charge is -2.00. The number of hydrogen-bond donors (Lipinski definition) is 2. The predicted molar refractivity (Wildman–Crippen MR) is 81.7 cm³/mol. The lowest BCUT2D eigenvalue weighted by Crippen LogP contribution is -2.18. The number of primary sulfonamides is 1. The van der Waals surface area contributed by atoms with Crippen LogP contribution in [0, 0.1) is 0 Å². The first kappa shape index (κ1) is 15.1. The number of nitrogens with one attached hydrogen (secondary N) is 1. The molecule has 1 unspecified atom stereocenters. The highest BCUT2D eigenvalue weighted by atomic mass is 32.2. The van der Waals surface area contributed by atoms with E-state index in [1.54, 1.807) is 23.7 Å². The van der Waals surface area contributed by atoms with Gasteiger partial charge in [0.05, 0.1) is 4.01 Å². The summed E-state index contributed by atoms with van der Waals surface area (Å²) in [6, 6.07) is 3.57. The molecule has 3 N–H and O–H groups in total. The van der Waals surface area contributed by atoms with E-state index in [1.807, 2.05) is 6.07 Å². The first-order chi connectivity index (χ1) is 8.86. The molecule has 0 saturated heterocycles. The third-order valence-electron chi connectivity index (χ3n) is 2.39. The summed E-state index contributed by atoms with van der Waals surface area (Å²) in [5, 5.41) is 9.21. The van der Waals surface area contributed by atoms with Gasteiger partial charge in [0.2, 0.25) is 10.0 Å². The third kappa shape index (κ3) is 4.07. The van der Waals surface area contributed by atoms with Crippen molar-refractivity contribution in [2.45, 2.75) is 10.8 Å². The summed E-state index contributed by atoms with van der Waals surface area (Å²) < 4.78 is 34.5. The van der Waals surface area contributed by atoms with Crippen LogP contribution in [-0.2, 0) is 27.4 Å². The SMILES string of the molecule is CS(=O)CCNCc1cc2cc(S(N)(=O)=O)sc2s1. The molecule has 0 amide bonds. The lowest BCUT2D eigenvalue weighted by molar-refractivity contribution is 0.600. The second-order valence-corrected chi connectivity index (χ2v) is 9.81. The Bertz CT molecular complexity index is 670. The number of nitrogens with two attached hydrogens (primary N) is 1. The van der Waals surface area contributed by atoms with Gasteiger partial charge in [-0.3, -0.25) is 4.21 Å². The number of rotatable bonds is 6. The van der Waals surface area contributed by atoms with E-state index in [0.717, 1.165) is 14.3 Å². The molecule has 0 aromatic carbocycles. The van der Waals surface area contributed by atoms with Crippen molar-refractivity contribution in [2.75, 3.05) is 18.6 Å². The van der Waals surface area contributed by atoms with Crippen LogP contribution in [0.15, 0.2) is 16.3 Å².